The third-order valence-corrected chi connectivity index (χ3v) is 3.62. The molecule has 1 heterocycles. The summed E-state index contributed by atoms with van der Waals surface area (Å²) < 4.78 is 0. The first-order valence-electron chi connectivity index (χ1n) is 7.48. The molecule has 112 valence electrons. The third-order valence-electron chi connectivity index (χ3n) is 3.62. The van der Waals surface area contributed by atoms with E-state index in [9.17, 15) is 4.79 Å². The van der Waals surface area contributed by atoms with Crippen molar-refractivity contribution < 1.29 is 4.79 Å². The second kappa shape index (κ2) is 7.07. The summed E-state index contributed by atoms with van der Waals surface area (Å²) in [6.07, 6.45) is 2.04. The zero-order valence-corrected chi connectivity index (χ0v) is 13.0. The fourth-order valence-corrected chi connectivity index (χ4v) is 2.46. The zero-order valence-electron chi connectivity index (χ0n) is 13.0. The van der Waals surface area contributed by atoms with E-state index in [0.717, 1.165) is 24.1 Å². The molecule has 0 fully saturated rings. The Kier molecular flexibility index (Phi) is 5.14. The first-order chi connectivity index (χ1) is 10.1. The molecule has 0 radical (unpaired) electrons. The number of H-pyrrole nitrogens is 1. The smallest absolute Gasteiger partial charge is 0.274 e. The SMILES string of the molecule is CCCC(C)N(Cc1ccccc1)C(=O)c1cc(C)[nH]n1. The maximum absolute atomic E-state index is 12.7. The summed E-state index contributed by atoms with van der Waals surface area (Å²) in [5.41, 5.74) is 2.54. The molecule has 1 aromatic heterocycles. The van der Waals surface area contributed by atoms with Gasteiger partial charge in [-0.3, -0.25) is 9.89 Å². The van der Waals surface area contributed by atoms with Gasteiger partial charge in [-0.05, 0) is 31.9 Å². The molecule has 0 aliphatic rings. The molecule has 0 aliphatic carbocycles. The quantitative estimate of drug-likeness (QED) is 0.882. The summed E-state index contributed by atoms with van der Waals surface area (Å²) in [4.78, 5) is 14.6. The lowest BCUT2D eigenvalue weighted by atomic mass is 10.1. The van der Waals surface area contributed by atoms with Gasteiger partial charge in [0.25, 0.3) is 5.91 Å². The number of nitrogens with zero attached hydrogens (tertiary/aromatic N) is 2. The minimum atomic E-state index is -0.0100. The highest BCUT2D eigenvalue weighted by Gasteiger charge is 2.23. The number of hydrogen-bond acceptors (Lipinski definition) is 2. The number of amides is 1. The molecule has 21 heavy (non-hydrogen) atoms. The fourth-order valence-electron chi connectivity index (χ4n) is 2.46. The fraction of sp³-hybridized carbons (Fsp3) is 0.412. The van der Waals surface area contributed by atoms with Gasteiger partial charge < -0.3 is 4.90 Å². The highest BCUT2D eigenvalue weighted by Crippen LogP contribution is 2.15. The van der Waals surface area contributed by atoms with E-state index in [1.54, 1.807) is 6.07 Å². The van der Waals surface area contributed by atoms with Gasteiger partial charge in [-0.25, -0.2) is 0 Å². The van der Waals surface area contributed by atoms with Crippen molar-refractivity contribution in [3.63, 3.8) is 0 Å². The van der Waals surface area contributed by atoms with E-state index in [-0.39, 0.29) is 11.9 Å². The summed E-state index contributed by atoms with van der Waals surface area (Å²) in [7, 11) is 0. The molecule has 0 bridgehead atoms. The first-order valence-corrected chi connectivity index (χ1v) is 7.48. The van der Waals surface area contributed by atoms with Crippen molar-refractivity contribution >= 4 is 5.91 Å². The lowest BCUT2D eigenvalue weighted by Crippen LogP contribution is -2.38. The number of carbonyl (C=O) groups excluding carboxylic acids is 1. The average Bonchev–Trinajstić information content (AvgIpc) is 2.92. The Bertz CT molecular complexity index is 577. The lowest BCUT2D eigenvalue weighted by molar-refractivity contribution is 0.0660. The van der Waals surface area contributed by atoms with Crippen LogP contribution in [-0.2, 0) is 6.54 Å². The zero-order chi connectivity index (χ0) is 15.2. The van der Waals surface area contributed by atoms with Crippen LogP contribution >= 0.6 is 0 Å². The average molecular weight is 285 g/mol. The van der Waals surface area contributed by atoms with Crippen LogP contribution in [0.2, 0.25) is 0 Å². The monoisotopic (exact) mass is 285 g/mol. The lowest BCUT2D eigenvalue weighted by Gasteiger charge is -2.28. The third kappa shape index (κ3) is 3.94. The van der Waals surface area contributed by atoms with Crippen LogP contribution in [-0.4, -0.2) is 27.0 Å². The van der Waals surface area contributed by atoms with Crippen molar-refractivity contribution in [2.45, 2.75) is 46.2 Å². The molecule has 0 saturated heterocycles. The normalized spacial score (nSPS) is 12.1. The van der Waals surface area contributed by atoms with Gasteiger partial charge in [-0.1, -0.05) is 43.7 Å². The molecule has 4 nitrogen and oxygen atoms in total. The topological polar surface area (TPSA) is 49.0 Å². The molecule has 0 spiro atoms. The number of rotatable bonds is 6. The van der Waals surface area contributed by atoms with Crippen molar-refractivity contribution in [3.05, 3.63) is 53.3 Å². The molecule has 1 N–H and O–H groups in total. The number of carbonyl (C=O) groups is 1. The maximum atomic E-state index is 12.7. The molecule has 0 saturated carbocycles. The van der Waals surface area contributed by atoms with Gasteiger partial charge in [0.2, 0.25) is 0 Å². The molecule has 2 aromatic rings. The number of nitrogens with one attached hydrogen (secondary N) is 1. The maximum Gasteiger partial charge on any atom is 0.274 e. The van der Waals surface area contributed by atoms with E-state index in [1.807, 2.05) is 30.0 Å². The minimum absolute atomic E-state index is 0.0100. The Hall–Kier alpha value is -2.10. The summed E-state index contributed by atoms with van der Waals surface area (Å²) in [6, 6.07) is 12.1. The molecule has 1 unspecified atom stereocenters. The van der Waals surface area contributed by atoms with Gasteiger partial charge in [0.1, 0.15) is 5.69 Å². The van der Waals surface area contributed by atoms with Crippen molar-refractivity contribution in [1.82, 2.24) is 15.1 Å². The second-order valence-corrected chi connectivity index (χ2v) is 5.49. The van der Waals surface area contributed by atoms with Crippen LogP contribution in [0, 0.1) is 6.92 Å². The van der Waals surface area contributed by atoms with E-state index in [0.29, 0.717) is 12.2 Å². The first kappa shape index (κ1) is 15.3. The molecule has 1 atom stereocenters. The van der Waals surface area contributed by atoms with E-state index in [1.165, 1.54) is 0 Å². The van der Waals surface area contributed by atoms with Gasteiger partial charge in [0.15, 0.2) is 0 Å². The highest BCUT2D eigenvalue weighted by molar-refractivity contribution is 5.92. The van der Waals surface area contributed by atoms with E-state index >= 15 is 0 Å². The number of benzene rings is 1. The predicted octanol–water partition coefficient (Wildman–Crippen LogP) is 3.55. The van der Waals surface area contributed by atoms with Crippen LogP contribution in [0.15, 0.2) is 36.4 Å². The summed E-state index contributed by atoms with van der Waals surface area (Å²) in [5.74, 6) is -0.0100. The van der Waals surface area contributed by atoms with Crippen LogP contribution in [0.5, 0.6) is 0 Å². The van der Waals surface area contributed by atoms with Gasteiger partial charge in [-0.15, -0.1) is 0 Å². The number of hydrogen-bond donors (Lipinski definition) is 1. The standard InChI is InChI=1S/C17H23N3O/c1-4-8-14(3)20(12-15-9-6-5-7-10-15)17(21)16-11-13(2)18-19-16/h5-7,9-11,14H,4,8,12H2,1-3H3,(H,18,19). The summed E-state index contributed by atoms with van der Waals surface area (Å²) in [5, 5.41) is 6.95. The number of aromatic nitrogens is 2. The molecule has 1 aromatic carbocycles. The molecular formula is C17H23N3O. The predicted molar refractivity (Wildman–Crippen MR) is 84.0 cm³/mol. The number of aromatic amines is 1. The van der Waals surface area contributed by atoms with Crippen LogP contribution in [0.3, 0.4) is 0 Å². The van der Waals surface area contributed by atoms with E-state index < -0.39 is 0 Å². The van der Waals surface area contributed by atoms with Gasteiger partial charge >= 0.3 is 0 Å². The van der Waals surface area contributed by atoms with Crippen molar-refractivity contribution in [2.75, 3.05) is 0 Å². The van der Waals surface area contributed by atoms with E-state index in [2.05, 4.69) is 36.2 Å². The highest BCUT2D eigenvalue weighted by atomic mass is 16.2. The molecule has 0 aliphatic heterocycles. The van der Waals surface area contributed by atoms with Crippen LogP contribution in [0.25, 0.3) is 0 Å². The molecular weight excluding hydrogens is 262 g/mol. The second-order valence-electron chi connectivity index (χ2n) is 5.49. The van der Waals surface area contributed by atoms with Crippen LogP contribution in [0.4, 0.5) is 0 Å². The Morgan fingerprint density at radius 1 is 1.33 bits per heavy atom. The Morgan fingerprint density at radius 2 is 2.05 bits per heavy atom. The van der Waals surface area contributed by atoms with Crippen molar-refractivity contribution in [3.8, 4) is 0 Å². The minimum Gasteiger partial charge on any atom is -0.330 e. The molecule has 2 rings (SSSR count). The Labute approximate surface area is 126 Å². The van der Waals surface area contributed by atoms with Gasteiger partial charge in [0, 0.05) is 18.3 Å². The Balaban J connectivity index is 2.21. The molecule has 4 heteroatoms. The Morgan fingerprint density at radius 3 is 2.62 bits per heavy atom. The summed E-state index contributed by atoms with van der Waals surface area (Å²) in [6.45, 7) is 6.76. The van der Waals surface area contributed by atoms with Gasteiger partial charge in [0.05, 0.1) is 0 Å². The summed E-state index contributed by atoms with van der Waals surface area (Å²) >= 11 is 0. The van der Waals surface area contributed by atoms with Crippen molar-refractivity contribution in [2.24, 2.45) is 0 Å². The largest absolute Gasteiger partial charge is 0.330 e. The van der Waals surface area contributed by atoms with Crippen LogP contribution in [0.1, 0.15) is 48.4 Å². The molecule has 1 amide bonds. The van der Waals surface area contributed by atoms with Crippen molar-refractivity contribution in [1.29, 1.82) is 0 Å². The van der Waals surface area contributed by atoms with Crippen LogP contribution < -0.4 is 0 Å². The number of aryl methyl sites for hydroxylation is 1. The van der Waals surface area contributed by atoms with E-state index in [4.69, 9.17) is 0 Å². The van der Waals surface area contributed by atoms with Gasteiger partial charge in [-0.2, -0.15) is 5.10 Å².